The van der Waals surface area contributed by atoms with Gasteiger partial charge in [0.25, 0.3) is 10.0 Å². The van der Waals surface area contributed by atoms with Crippen LogP contribution < -0.4 is 10.5 Å². The molecule has 0 amide bonds. The van der Waals surface area contributed by atoms with E-state index >= 15 is 0 Å². The summed E-state index contributed by atoms with van der Waals surface area (Å²) in [6, 6.07) is 4.55. The Kier molecular flexibility index (Phi) is 3.48. The van der Waals surface area contributed by atoms with Crippen LogP contribution >= 0.6 is 15.9 Å². The molecule has 0 aliphatic rings. The number of anilines is 2. The maximum absolute atomic E-state index is 12.1. The SMILES string of the molecule is Nc1ccc(Br)c(S(=O)(=O)Nc2cncnc2)c1. The second-order valence-corrected chi connectivity index (χ2v) is 5.93. The zero-order chi connectivity index (χ0) is 13.2. The normalized spacial score (nSPS) is 11.2. The van der Waals surface area contributed by atoms with E-state index in [4.69, 9.17) is 5.73 Å². The van der Waals surface area contributed by atoms with Crippen molar-refractivity contribution >= 4 is 37.3 Å². The lowest BCUT2D eigenvalue weighted by Gasteiger charge is -2.09. The summed E-state index contributed by atoms with van der Waals surface area (Å²) < 4.78 is 27.0. The summed E-state index contributed by atoms with van der Waals surface area (Å²) in [7, 11) is -3.72. The third kappa shape index (κ3) is 2.77. The molecule has 0 atom stereocenters. The molecule has 0 bridgehead atoms. The van der Waals surface area contributed by atoms with Crippen LogP contribution in [-0.4, -0.2) is 18.4 Å². The molecule has 0 saturated heterocycles. The van der Waals surface area contributed by atoms with E-state index < -0.39 is 10.0 Å². The molecule has 6 nitrogen and oxygen atoms in total. The van der Waals surface area contributed by atoms with Gasteiger partial charge in [0, 0.05) is 10.2 Å². The van der Waals surface area contributed by atoms with Crippen LogP contribution in [0.15, 0.2) is 46.3 Å². The zero-order valence-corrected chi connectivity index (χ0v) is 11.4. The summed E-state index contributed by atoms with van der Waals surface area (Å²) in [6.07, 6.45) is 4.05. The number of halogens is 1. The first-order valence-electron chi connectivity index (χ1n) is 4.82. The standard InChI is InChI=1S/C10H9BrN4O2S/c11-9-2-1-7(12)3-10(9)18(16,17)15-8-4-13-6-14-5-8/h1-6,15H,12H2. The Bertz CT molecular complexity index is 661. The quantitative estimate of drug-likeness (QED) is 0.834. The molecule has 94 valence electrons. The van der Waals surface area contributed by atoms with E-state index in [1.165, 1.54) is 24.8 Å². The number of hydrogen-bond acceptors (Lipinski definition) is 5. The first kappa shape index (κ1) is 12.8. The highest BCUT2D eigenvalue weighted by Gasteiger charge is 2.18. The van der Waals surface area contributed by atoms with Gasteiger partial charge >= 0.3 is 0 Å². The summed E-state index contributed by atoms with van der Waals surface area (Å²) in [5, 5.41) is 0. The molecule has 0 unspecified atom stereocenters. The van der Waals surface area contributed by atoms with Crippen molar-refractivity contribution in [2.24, 2.45) is 0 Å². The van der Waals surface area contributed by atoms with Crippen molar-refractivity contribution in [3.63, 3.8) is 0 Å². The van der Waals surface area contributed by atoms with E-state index in [1.807, 2.05) is 0 Å². The van der Waals surface area contributed by atoms with Crippen molar-refractivity contribution in [2.75, 3.05) is 10.5 Å². The molecule has 3 N–H and O–H groups in total. The molecule has 0 saturated carbocycles. The minimum absolute atomic E-state index is 0.0614. The number of rotatable bonds is 3. The summed E-state index contributed by atoms with van der Waals surface area (Å²) in [4.78, 5) is 7.52. The van der Waals surface area contributed by atoms with E-state index in [2.05, 4.69) is 30.6 Å². The molecule has 0 radical (unpaired) electrons. The van der Waals surface area contributed by atoms with Crippen molar-refractivity contribution in [3.8, 4) is 0 Å². The van der Waals surface area contributed by atoms with Crippen LogP contribution in [0.1, 0.15) is 0 Å². The second-order valence-electron chi connectivity index (χ2n) is 3.42. The molecular formula is C10H9BrN4O2S. The van der Waals surface area contributed by atoms with Gasteiger partial charge in [-0.25, -0.2) is 18.4 Å². The predicted molar refractivity (Wildman–Crippen MR) is 71.4 cm³/mol. The first-order chi connectivity index (χ1) is 8.49. The lowest BCUT2D eigenvalue weighted by molar-refractivity contribution is 0.600. The first-order valence-corrected chi connectivity index (χ1v) is 7.09. The molecule has 0 aliphatic heterocycles. The molecule has 2 aromatic rings. The second kappa shape index (κ2) is 4.91. The van der Waals surface area contributed by atoms with Gasteiger partial charge in [0.05, 0.1) is 18.1 Å². The zero-order valence-electron chi connectivity index (χ0n) is 9.04. The fraction of sp³-hybridized carbons (Fsp3) is 0. The number of nitrogens with two attached hydrogens (primary N) is 1. The maximum atomic E-state index is 12.1. The van der Waals surface area contributed by atoms with Gasteiger partial charge < -0.3 is 5.73 Å². The summed E-state index contributed by atoms with van der Waals surface area (Å²) in [5.41, 5.74) is 6.23. The third-order valence-corrected chi connectivity index (χ3v) is 4.43. The molecular weight excluding hydrogens is 320 g/mol. The van der Waals surface area contributed by atoms with E-state index in [0.717, 1.165) is 0 Å². The molecule has 0 aliphatic carbocycles. The Labute approximate surface area is 112 Å². The number of nitrogens with zero attached hydrogens (tertiary/aromatic N) is 2. The number of aromatic nitrogens is 2. The number of hydrogen-bond donors (Lipinski definition) is 2. The molecule has 0 fully saturated rings. The Morgan fingerprint density at radius 2 is 1.89 bits per heavy atom. The number of benzene rings is 1. The van der Waals surface area contributed by atoms with E-state index in [1.54, 1.807) is 12.1 Å². The summed E-state index contributed by atoms with van der Waals surface area (Å²) in [5.74, 6) is 0. The van der Waals surface area contributed by atoms with Crippen LogP contribution in [0.4, 0.5) is 11.4 Å². The van der Waals surface area contributed by atoms with E-state index in [9.17, 15) is 8.42 Å². The van der Waals surface area contributed by atoms with E-state index in [0.29, 0.717) is 10.2 Å². The number of sulfonamides is 1. The minimum Gasteiger partial charge on any atom is -0.399 e. The van der Waals surface area contributed by atoms with Crippen LogP contribution in [0.5, 0.6) is 0 Å². The van der Waals surface area contributed by atoms with Gasteiger partial charge in [-0.3, -0.25) is 4.72 Å². The highest BCUT2D eigenvalue weighted by Crippen LogP contribution is 2.25. The Morgan fingerprint density at radius 3 is 2.56 bits per heavy atom. The smallest absolute Gasteiger partial charge is 0.263 e. The summed E-state index contributed by atoms with van der Waals surface area (Å²) in [6.45, 7) is 0. The van der Waals surface area contributed by atoms with Crippen molar-refractivity contribution in [3.05, 3.63) is 41.4 Å². The van der Waals surface area contributed by atoms with Crippen LogP contribution in [0.3, 0.4) is 0 Å². The Morgan fingerprint density at radius 1 is 1.22 bits per heavy atom. The topological polar surface area (TPSA) is 98.0 Å². The van der Waals surface area contributed by atoms with Gasteiger partial charge in [0.15, 0.2) is 0 Å². The van der Waals surface area contributed by atoms with Gasteiger partial charge in [0.2, 0.25) is 0 Å². The molecule has 2 rings (SSSR count). The van der Waals surface area contributed by atoms with Gasteiger partial charge in [-0.1, -0.05) is 0 Å². The van der Waals surface area contributed by atoms with Crippen molar-refractivity contribution in [1.29, 1.82) is 0 Å². The fourth-order valence-electron chi connectivity index (χ4n) is 1.29. The third-order valence-electron chi connectivity index (χ3n) is 2.06. The fourth-order valence-corrected chi connectivity index (χ4v) is 3.32. The van der Waals surface area contributed by atoms with Crippen LogP contribution in [-0.2, 0) is 10.0 Å². The van der Waals surface area contributed by atoms with Crippen LogP contribution in [0.2, 0.25) is 0 Å². The Hall–Kier alpha value is -1.67. The highest BCUT2D eigenvalue weighted by atomic mass is 79.9. The van der Waals surface area contributed by atoms with Gasteiger partial charge in [-0.15, -0.1) is 0 Å². The van der Waals surface area contributed by atoms with E-state index in [-0.39, 0.29) is 10.6 Å². The van der Waals surface area contributed by atoms with Gasteiger partial charge in [-0.05, 0) is 34.1 Å². The van der Waals surface area contributed by atoms with Crippen LogP contribution in [0, 0.1) is 0 Å². The molecule has 18 heavy (non-hydrogen) atoms. The Balaban J connectivity index is 2.40. The molecule has 1 heterocycles. The summed E-state index contributed by atoms with van der Waals surface area (Å²) >= 11 is 3.17. The molecule has 0 spiro atoms. The highest BCUT2D eigenvalue weighted by molar-refractivity contribution is 9.10. The van der Waals surface area contributed by atoms with Crippen molar-refractivity contribution in [1.82, 2.24) is 9.97 Å². The van der Waals surface area contributed by atoms with Gasteiger partial charge in [0.1, 0.15) is 11.2 Å². The lowest BCUT2D eigenvalue weighted by atomic mass is 10.3. The molecule has 8 heteroatoms. The lowest BCUT2D eigenvalue weighted by Crippen LogP contribution is -2.14. The maximum Gasteiger partial charge on any atom is 0.263 e. The van der Waals surface area contributed by atoms with Crippen molar-refractivity contribution in [2.45, 2.75) is 4.90 Å². The average Bonchev–Trinajstić information content (AvgIpc) is 2.33. The van der Waals surface area contributed by atoms with Gasteiger partial charge in [-0.2, -0.15) is 0 Å². The molecule has 1 aromatic heterocycles. The van der Waals surface area contributed by atoms with Crippen LogP contribution in [0.25, 0.3) is 0 Å². The minimum atomic E-state index is -3.72. The number of nitrogens with one attached hydrogen (secondary N) is 1. The largest absolute Gasteiger partial charge is 0.399 e. The predicted octanol–water partition coefficient (Wildman–Crippen LogP) is 1.62. The monoisotopic (exact) mass is 328 g/mol. The van der Waals surface area contributed by atoms with Crippen molar-refractivity contribution < 1.29 is 8.42 Å². The number of nitrogen functional groups attached to an aromatic ring is 1. The average molecular weight is 329 g/mol. The molecule has 1 aromatic carbocycles.